The Balaban J connectivity index is 1.84. The normalized spacial score (nSPS) is 15.6. The van der Waals surface area contributed by atoms with E-state index in [2.05, 4.69) is 5.32 Å². The summed E-state index contributed by atoms with van der Waals surface area (Å²) in [4.78, 5) is 13.7. The van der Waals surface area contributed by atoms with Crippen LogP contribution in [-0.4, -0.2) is 24.0 Å². The minimum atomic E-state index is 0.0127. The van der Waals surface area contributed by atoms with E-state index in [-0.39, 0.29) is 6.03 Å². The van der Waals surface area contributed by atoms with Crippen molar-refractivity contribution in [2.24, 2.45) is 0 Å². The average molecular weight is 247 g/mol. The summed E-state index contributed by atoms with van der Waals surface area (Å²) < 4.78 is 0. The fourth-order valence-corrected chi connectivity index (χ4v) is 2.32. The van der Waals surface area contributed by atoms with E-state index in [1.165, 1.54) is 12.8 Å². The number of rotatable bonds is 3. The lowest BCUT2D eigenvalue weighted by Crippen LogP contribution is -2.41. The number of nitrogens with one attached hydrogen (secondary N) is 1. The molecule has 18 heavy (non-hydrogen) atoms. The lowest BCUT2D eigenvalue weighted by molar-refractivity contribution is 0.203. The largest absolute Gasteiger partial charge is 0.399 e. The first-order chi connectivity index (χ1) is 8.65. The van der Waals surface area contributed by atoms with Crippen molar-refractivity contribution in [2.45, 2.75) is 38.3 Å². The van der Waals surface area contributed by atoms with Gasteiger partial charge < -0.3 is 16.0 Å². The number of carbonyl (C=O) groups excluding carboxylic acids is 1. The maximum absolute atomic E-state index is 12.0. The van der Waals surface area contributed by atoms with Crippen LogP contribution in [0.4, 0.5) is 10.5 Å². The Hall–Kier alpha value is -1.71. The zero-order valence-corrected chi connectivity index (χ0v) is 10.9. The maximum Gasteiger partial charge on any atom is 0.317 e. The molecule has 4 heteroatoms. The second-order valence-electron chi connectivity index (χ2n) is 5.03. The first kappa shape index (κ1) is 12.7. The molecule has 4 nitrogen and oxygen atoms in total. The van der Waals surface area contributed by atoms with Crippen molar-refractivity contribution in [2.75, 3.05) is 12.8 Å². The van der Waals surface area contributed by atoms with Gasteiger partial charge in [0.15, 0.2) is 0 Å². The quantitative estimate of drug-likeness (QED) is 0.805. The van der Waals surface area contributed by atoms with Gasteiger partial charge in [-0.1, -0.05) is 25.0 Å². The molecule has 0 aliphatic heterocycles. The number of nitrogens with two attached hydrogens (primary N) is 1. The molecule has 1 saturated carbocycles. The number of anilines is 1. The highest BCUT2D eigenvalue weighted by atomic mass is 16.2. The molecule has 2 amide bonds. The number of hydrogen-bond donors (Lipinski definition) is 2. The number of hydrogen-bond acceptors (Lipinski definition) is 2. The van der Waals surface area contributed by atoms with Crippen molar-refractivity contribution >= 4 is 11.7 Å². The number of benzene rings is 1. The summed E-state index contributed by atoms with van der Waals surface area (Å²) >= 11 is 0. The predicted octanol–water partition coefficient (Wildman–Crippen LogP) is 2.35. The summed E-state index contributed by atoms with van der Waals surface area (Å²) in [7, 11) is 1.82. The van der Waals surface area contributed by atoms with Gasteiger partial charge in [-0.05, 0) is 30.5 Å². The second kappa shape index (κ2) is 5.76. The Kier molecular flexibility index (Phi) is 4.07. The van der Waals surface area contributed by atoms with Crippen LogP contribution in [0.1, 0.15) is 31.2 Å². The average Bonchev–Trinajstić information content (AvgIpc) is 2.85. The highest BCUT2D eigenvalue weighted by molar-refractivity contribution is 5.74. The topological polar surface area (TPSA) is 58.4 Å². The Morgan fingerprint density at radius 1 is 1.33 bits per heavy atom. The minimum absolute atomic E-state index is 0.0127. The number of amides is 2. The zero-order chi connectivity index (χ0) is 13.0. The van der Waals surface area contributed by atoms with Crippen LogP contribution in [-0.2, 0) is 6.54 Å². The maximum atomic E-state index is 12.0. The van der Waals surface area contributed by atoms with Crippen molar-refractivity contribution in [1.29, 1.82) is 0 Å². The first-order valence-electron chi connectivity index (χ1n) is 6.51. The molecule has 0 heterocycles. The van der Waals surface area contributed by atoms with Gasteiger partial charge in [-0.2, -0.15) is 0 Å². The molecular weight excluding hydrogens is 226 g/mol. The second-order valence-corrected chi connectivity index (χ2v) is 5.03. The van der Waals surface area contributed by atoms with Crippen LogP contribution in [0.15, 0.2) is 24.3 Å². The third-order valence-electron chi connectivity index (χ3n) is 3.43. The monoisotopic (exact) mass is 247 g/mol. The minimum Gasteiger partial charge on any atom is -0.399 e. The Morgan fingerprint density at radius 3 is 2.56 bits per heavy atom. The zero-order valence-electron chi connectivity index (χ0n) is 10.9. The van der Waals surface area contributed by atoms with Gasteiger partial charge in [-0.15, -0.1) is 0 Å². The molecule has 0 bridgehead atoms. The molecule has 0 unspecified atom stereocenters. The molecule has 3 N–H and O–H groups in total. The molecule has 0 spiro atoms. The van der Waals surface area contributed by atoms with Crippen LogP contribution >= 0.6 is 0 Å². The van der Waals surface area contributed by atoms with Crippen LogP contribution in [0, 0.1) is 0 Å². The molecule has 0 aromatic heterocycles. The van der Waals surface area contributed by atoms with E-state index in [9.17, 15) is 4.79 Å². The number of urea groups is 1. The summed E-state index contributed by atoms with van der Waals surface area (Å²) in [5, 5.41) is 3.07. The smallest absolute Gasteiger partial charge is 0.317 e. The van der Waals surface area contributed by atoms with Gasteiger partial charge in [0.2, 0.25) is 0 Å². The molecule has 1 fully saturated rings. The van der Waals surface area contributed by atoms with Gasteiger partial charge in [0.1, 0.15) is 0 Å². The van der Waals surface area contributed by atoms with Gasteiger partial charge in [-0.25, -0.2) is 4.79 Å². The van der Waals surface area contributed by atoms with Gasteiger partial charge in [-0.3, -0.25) is 0 Å². The third-order valence-corrected chi connectivity index (χ3v) is 3.43. The molecule has 1 aromatic rings. The Morgan fingerprint density at radius 2 is 1.94 bits per heavy atom. The van der Waals surface area contributed by atoms with Gasteiger partial charge in [0.25, 0.3) is 0 Å². The van der Waals surface area contributed by atoms with Crippen LogP contribution in [0.5, 0.6) is 0 Å². The van der Waals surface area contributed by atoms with Crippen molar-refractivity contribution in [3.05, 3.63) is 29.8 Å². The summed E-state index contributed by atoms with van der Waals surface area (Å²) in [5.74, 6) is 0. The first-order valence-corrected chi connectivity index (χ1v) is 6.51. The van der Waals surface area contributed by atoms with Crippen molar-refractivity contribution in [3.8, 4) is 0 Å². The van der Waals surface area contributed by atoms with E-state index in [4.69, 9.17) is 5.73 Å². The Labute approximate surface area is 108 Å². The molecule has 0 saturated heterocycles. The Bertz CT molecular complexity index is 396. The molecule has 2 rings (SSSR count). The molecule has 0 atom stereocenters. The predicted molar refractivity (Wildman–Crippen MR) is 73.1 cm³/mol. The third kappa shape index (κ3) is 3.39. The van der Waals surface area contributed by atoms with Gasteiger partial charge in [0.05, 0.1) is 0 Å². The SMILES string of the molecule is CN(Cc1ccc(N)cc1)C(=O)NC1CCCC1. The van der Waals surface area contributed by atoms with Crippen molar-refractivity contribution in [1.82, 2.24) is 10.2 Å². The fourth-order valence-electron chi connectivity index (χ4n) is 2.32. The van der Waals surface area contributed by atoms with Crippen molar-refractivity contribution in [3.63, 3.8) is 0 Å². The molecule has 1 aromatic carbocycles. The molecule has 0 radical (unpaired) electrons. The van der Waals surface area contributed by atoms with E-state index in [1.54, 1.807) is 4.90 Å². The van der Waals surface area contributed by atoms with Crippen LogP contribution < -0.4 is 11.1 Å². The van der Waals surface area contributed by atoms with Crippen LogP contribution in [0.3, 0.4) is 0 Å². The van der Waals surface area contributed by atoms with Crippen LogP contribution in [0.25, 0.3) is 0 Å². The highest BCUT2D eigenvalue weighted by Crippen LogP contribution is 2.18. The van der Waals surface area contributed by atoms with Crippen LogP contribution in [0.2, 0.25) is 0 Å². The standard InChI is InChI=1S/C14H21N3O/c1-17(10-11-6-8-12(15)9-7-11)14(18)16-13-4-2-3-5-13/h6-9,13H,2-5,10,15H2,1H3,(H,16,18). The molecule has 1 aliphatic carbocycles. The molecule has 98 valence electrons. The summed E-state index contributed by atoms with van der Waals surface area (Å²) in [6, 6.07) is 8.00. The van der Waals surface area contributed by atoms with E-state index in [1.807, 2.05) is 31.3 Å². The lowest BCUT2D eigenvalue weighted by atomic mass is 10.2. The lowest BCUT2D eigenvalue weighted by Gasteiger charge is -2.21. The summed E-state index contributed by atoms with van der Waals surface area (Å²) in [6.45, 7) is 0.610. The van der Waals surface area contributed by atoms with Gasteiger partial charge >= 0.3 is 6.03 Å². The number of nitrogens with zero attached hydrogens (tertiary/aromatic N) is 1. The van der Waals surface area contributed by atoms with E-state index in [0.29, 0.717) is 12.6 Å². The van der Waals surface area contributed by atoms with E-state index >= 15 is 0 Å². The highest BCUT2D eigenvalue weighted by Gasteiger charge is 2.18. The number of nitrogen functional groups attached to an aromatic ring is 1. The van der Waals surface area contributed by atoms with Gasteiger partial charge in [0, 0.05) is 25.3 Å². The van der Waals surface area contributed by atoms with E-state index < -0.39 is 0 Å². The molecule has 1 aliphatic rings. The van der Waals surface area contributed by atoms with Crippen molar-refractivity contribution < 1.29 is 4.79 Å². The number of carbonyl (C=O) groups is 1. The van der Waals surface area contributed by atoms with E-state index in [0.717, 1.165) is 24.1 Å². The fraction of sp³-hybridized carbons (Fsp3) is 0.500. The summed E-state index contributed by atoms with van der Waals surface area (Å²) in [6.07, 6.45) is 4.68. The molecular formula is C14H21N3O. The summed E-state index contributed by atoms with van der Waals surface area (Å²) in [5.41, 5.74) is 7.47.